The highest BCUT2D eigenvalue weighted by atomic mass is 35.5. The van der Waals surface area contributed by atoms with E-state index in [9.17, 15) is 9.59 Å². The minimum absolute atomic E-state index is 0.0577. The van der Waals surface area contributed by atoms with Gasteiger partial charge in [0.05, 0.1) is 11.3 Å². The molecule has 5 heteroatoms. The van der Waals surface area contributed by atoms with Crippen LogP contribution in [-0.4, -0.2) is 29.8 Å². The van der Waals surface area contributed by atoms with Gasteiger partial charge in [0.25, 0.3) is 11.8 Å². The smallest absolute Gasteiger partial charge is 0.255 e. The maximum Gasteiger partial charge on any atom is 0.255 e. The molecule has 0 bridgehead atoms. The Hall–Kier alpha value is -2.33. The number of likely N-dealkylation sites (tertiary alicyclic amines) is 1. The van der Waals surface area contributed by atoms with Crippen molar-refractivity contribution < 1.29 is 9.59 Å². The van der Waals surface area contributed by atoms with Crippen molar-refractivity contribution in [2.45, 2.75) is 33.1 Å². The molecule has 1 saturated heterocycles. The van der Waals surface area contributed by atoms with Crippen molar-refractivity contribution in [2.75, 3.05) is 18.4 Å². The highest BCUT2D eigenvalue weighted by Gasteiger charge is 2.22. The van der Waals surface area contributed by atoms with E-state index in [0.717, 1.165) is 43.5 Å². The number of hydrogen-bond donors (Lipinski definition) is 1. The summed E-state index contributed by atoms with van der Waals surface area (Å²) in [5.74, 6) is -0.293. The van der Waals surface area contributed by atoms with Crippen molar-refractivity contribution in [1.82, 2.24) is 4.90 Å². The van der Waals surface area contributed by atoms with Gasteiger partial charge in [0.2, 0.25) is 0 Å². The maximum atomic E-state index is 12.9. The summed E-state index contributed by atoms with van der Waals surface area (Å²) >= 11 is 6.12. The third-order valence-corrected chi connectivity index (χ3v) is 5.19. The van der Waals surface area contributed by atoms with Crippen molar-refractivity contribution in [3.05, 3.63) is 63.7 Å². The van der Waals surface area contributed by atoms with Crippen LogP contribution in [0.4, 0.5) is 5.69 Å². The number of nitrogens with zero attached hydrogens (tertiary/aromatic N) is 1. The number of amides is 2. The van der Waals surface area contributed by atoms with Gasteiger partial charge in [0.15, 0.2) is 0 Å². The highest BCUT2D eigenvalue weighted by Crippen LogP contribution is 2.25. The van der Waals surface area contributed by atoms with Crippen LogP contribution in [0.5, 0.6) is 0 Å². The Balaban J connectivity index is 1.89. The van der Waals surface area contributed by atoms with E-state index in [1.165, 1.54) is 0 Å². The maximum absolute atomic E-state index is 12.9. The van der Waals surface area contributed by atoms with E-state index in [1.54, 1.807) is 24.3 Å². The first-order valence-corrected chi connectivity index (χ1v) is 9.31. The molecule has 1 fully saturated rings. The number of rotatable bonds is 3. The minimum atomic E-state index is -0.235. The highest BCUT2D eigenvalue weighted by molar-refractivity contribution is 6.31. The quantitative estimate of drug-likeness (QED) is 0.840. The Morgan fingerprint density at radius 3 is 2.46 bits per heavy atom. The van der Waals surface area contributed by atoms with Gasteiger partial charge in [-0.3, -0.25) is 9.59 Å². The number of hydrogen-bond acceptors (Lipinski definition) is 2. The molecular formula is C21H23ClN2O2. The lowest BCUT2D eigenvalue weighted by Crippen LogP contribution is -2.36. The molecule has 0 saturated carbocycles. The Morgan fingerprint density at radius 1 is 1.00 bits per heavy atom. The third kappa shape index (κ3) is 3.91. The van der Waals surface area contributed by atoms with Gasteiger partial charge in [-0.25, -0.2) is 0 Å². The summed E-state index contributed by atoms with van der Waals surface area (Å²) in [6.45, 7) is 5.40. The summed E-state index contributed by atoms with van der Waals surface area (Å²) < 4.78 is 0. The van der Waals surface area contributed by atoms with Crippen molar-refractivity contribution in [3.8, 4) is 0 Å². The van der Waals surface area contributed by atoms with Gasteiger partial charge < -0.3 is 10.2 Å². The zero-order valence-corrected chi connectivity index (χ0v) is 15.9. The Bertz CT molecular complexity index is 842. The second-order valence-electron chi connectivity index (χ2n) is 6.74. The molecule has 136 valence electrons. The molecule has 0 unspecified atom stereocenters. The third-order valence-electron chi connectivity index (χ3n) is 4.95. The molecule has 1 N–H and O–H groups in total. The molecule has 1 aliphatic rings. The Kier molecular flexibility index (Phi) is 5.62. The average Bonchev–Trinajstić information content (AvgIpc) is 2.64. The molecule has 4 nitrogen and oxygen atoms in total. The van der Waals surface area contributed by atoms with Crippen LogP contribution < -0.4 is 5.32 Å². The number of benzene rings is 2. The number of anilines is 1. The largest absolute Gasteiger partial charge is 0.339 e. The molecule has 2 aromatic rings. The summed E-state index contributed by atoms with van der Waals surface area (Å²) in [5, 5.41) is 3.37. The van der Waals surface area contributed by atoms with E-state index in [4.69, 9.17) is 11.6 Å². The van der Waals surface area contributed by atoms with Crippen molar-refractivity contribution in [1.29, 1.82) is 0 Å². The lowest BCUT2D eigenvalue weighted by Gasteiger charge is -2.27. The summed E-state index contributed by atoms with van der Waals surface area (Å²) in [6.07, 6.45) is 3.19. The van der Waals surface area contributed by atoms with E-state index in [2.05, 4.69) is 5.32 Å². The zero-order valence-electron chi connectivity index (χ0n) is 15.1. The van der Waals surface area contributed by atoms with E-state index < -0.39 is 0 Å². The molecule has 2 amide bonds. The predicted octanol–water partition coefficient (Wildman–Crippen LogP) is 4.84. The molecule has 0 aliphatic carbocycles. The van der Waals surface area contributed by atoms with Crippen molar-refractivity contribution in [2.24, 2.45) is 0 Å². The van der Waals surface area contributed by atoms with Gasteiger partial charge >= 0.3 is 0 Å². The summed E-state index contributed by atoms with van der Waals surface area (Å²) in [4.78, 5) is 27.5. The van der Waals surface area contributed by atoms with Crippen molar-refractivity contribution in [3.63, 3.8) is 0 Å². The fourth-order valence-corrected chi connectivity index (χ4v) is 3.43. The lowest BCUT2D eigenvalue weighted by molar-refractivity contribution is 0.0725. The van der Waals surface area contributed by atoms with Gasteiger partial charge in [-0.1, -0.05) is 23.7 Å². The second-order valence-corrected chi connectivity index (χ2v) is 7.18. The van der Waals surface area contributed by atoms with Crippen LogP contribution in [0.15, 0.2) is 36.4 Å². The number of halogens is 1. The summed E-state index contributed by atoms with van der Waals surface area (Å²) in [5.41, 5.74) is 3.51. The molecule has 0 spiro atoms. The van der Waals surface area contributed by atoms with Gasteiger partial charge in [0, 0.05) is 23.7 Å². The molecule has 3 rings (SSSR count). The number of carbonyl (C=O) groups is 2. The fraction of sp³-hybridized carbons (Fsp3) is 0.333. The monoisotopic (exact) mass is 370 g/mol. The van der Waals surface area contributed by atoms with Gasteiger partial charge in [0.1, 0.15) is 0 Å². The molecule has 0 radical (unpaired) electrons. The van der Waals surface area contributed by atoms with E-state index in [1.807, 2.05) is 30.9 Å². The van der Waals surface area contributed by atoms with Crippen LogP contribution >= 0.6 is 11.6 Å². The SMILES string of the molecule is Cc1cccc(C(=O)Nc2cc(Cl)ccc2C(=O)N2CCCCC2)c1C. The molecule has 1 aliphatic heterocycles. The Labute approximate surface area is 159 Å². The van der Waals surface area contributed by atoms with Gasteiger partial charge in [-0.2, -0.15) is 0 Å². The first-order valence-electron chi connectivity index (χ1n) is 8.94. The molecule has 0 aromatic heterocycles. The predicted molar refractivity (Wildman–Crippen MR) is 105 cm³/mol. The van der Waals surface area contributed by atoms with Crippen LogP contribution in [0.25, 0.3) is 0 Å². The van der Waals surface area contributed by atoms with Crippen LogP contribution in [0.3, 0.4) is 0 Å². The molecule has 2 aromatic carbocycles. The number of carbonyl (C=O) groups excluding carboxylic acids is 2. The standard InChI is InChI=1S/C21H23ClN2O2/c1-14-7-6-8-17(15(14)2)20(25)23-19-13-16(22)9-10-18(19)21(26)24-11-4-3-5-12-24/h6-10,13H,3-5,11-12H2,1-2H3,(H,23,25). The molecule has 26 heavy (non-hydrogen) atoms. The van der Waals surface area contributed by atoms with Crippen molar-refractivity contribution >= 4 is 29.1 Å². The number of piperidine rings is 1. The second kappa shape index (κ2) is 7.92. The Morgan fingerprint density at radius 2 is 1.73 bits per heavy atom. The normalized spacial score (nSPS) is 14.2. The summed E-state index contributed by atoms with van der Waals surface area (Å²) in [6, 6.07) is 10.6. The van der Waals surface area contributed by atoms with E-state index >= 15 is 0 Å². The topological polar surface area (TPSA) is 49.4 Å². The van der Waals surface area contributed by atoms with Gasteiger partial charge in [-0.15, -0.1) is 0 Å². The van der Waals surface area contributed by atoms with Crippen LogP contribution in [0, 0.1) is 13.8 Å². The summed E-state index contributed by atoms with van der Waals surface area (Å²) in [7, 11) is 0. The van der Waals surface area contributed by atoms with Crippen LogP contribution in [0.1, 0.15) is 51.1 Å². The number of aryl methyl sites for hydroxylation is 1. The fourth-order valence-electron chi connectivity index (χ4n) is 3.26. The average molecular weight is 371 g/mol. The zero-order chi connectivity index (χ0) is 18.7. The first-order chi connectivity index (χ1) is 12.5. The van der Waals surface area contributed by atoms with E-state index in [0.29, 0.717) is 21.8 Å². The van der Waals surface area contributed by atoms with E-state index in [-0.39, 0.29) is 11.8 Å². The number of nitrogens with one attached hydrogen (secondary N) is 1. The lowest BCUT2D eigenvalue weighted by atomic mass is 10.0. The van der Waals surface area contributed by atoms with Gasteiger partial charge in [-0.05, 0) is 68.5 Å². The minimum Gasteiger partial charge on any atom is -0.339 e. The first kappa shape index (κ1) is 18.5. The molecule has 1 heterocycles. The molecule has 0 atom stereocenters. The van der Waals surface area contributed by atoms with Crippen LogP contribution in [0.2, 0.25) is 5.02 Å². The molecular weight excluding hydrogens is 348 g/mol. The van der Waals surface area contributed by atoms with Crippen LogP contribution in [-0.2, 0) is 0 Å².